The first-order valence-electron chi connectivity index (χ1n) is 7.73. The number of H-pyrrole nitrogens is 1. The van der Waals surface area contributed by atoms with Gasteiger partial charge in [0.05, 0.1) is 11.4 Å². The van der Waals surface area contributed by atoms with Crippen molar-refractivity contribution in [3.8, 4) is 0 Å². The summed E-state index contributed by atoms with van der Waals surface area (Å²) in [6.45, 7) is 3.99. The summed E-state index contributed by atoms with van der Waals surface area (Å²) in [4.78, 5) is 1.86. The Kier molecular flexibility index (Phi) is 3.38. The van der Waals surface area contributed by atoms with Crippen molar-refractivity contribution in [2.24, 2.45) is 5.10 Å². The SMILES string of the molecule is Cc1n[nH][n+](N2N(c3ccccc3)C=NN2c2ccccc2)c1C. The molecule has 3 aromatic rings. The van der Waals surface area contributed by atoms with E-state index in [-0.39, 0.29) is 0 Å². The van der Waals surface area contributed by atoms with Gasteiger partial charge in [-0.05, 0) is 34.3 Å². The smallest absolute Gasteiger partial charge is 0.186 e. The molecule has 7 nitrogen and oxygen atoms in total. The fourth-order valence-corrected chi connectivity index (χ4v) is 2.55. The number of aromatic nitrogens is 3. The van der Waals surface area contributed by atoms with Crippen LogP contribution in [0.15, 0.2) is 65.8 Å². The van der Waals surface area contributed by atoms with Crippen molar-refractivity contribution in [3.05, 3.63) is 72.1 Å². The first-order chi connectivity index (χ1) is 11.8. The second-order valence-electron chi connectivity index (χ2n) is 5.50. The standard InChI is InChI=1S/C17H17N7/c1-14-15(2)22(20-19-14)24-21(16-9-5-3-6-10-16)13-18-23(24)17-11-7-4-8-12-17/h3-13H,1-2H3/p+1. The minimum Gasteiger partial charge on any atom is -0.186 e. The number of rotatable bonds is 3. The lowest BCUT2D eigenvalue weighted by Crippen LogP contribution is -2.71. The third kappa shape index (κ3) is 2.26. The van der Waals surface area contributed by atoms with Crippen molar-refractivity contribution < 1.29 is 4.79 Å². The van der Waals surface area contributed by atoms with Gasteiger partial charge >= 0.3 is 0 Å². The van der Waals surface area contributed by atoms with Crippen molar-refractivity contribution in [1.29, 1.82) is 0 Å². The number of hydrazine groups is 2. The highest BCUT2D eigenvalue weighted by molar-refractivity contribution is 5.84. The van der Waals surface area contributed by atoms with Gasteiger partial charge in [0, 0.05) is 24.2 Å². The third-order valence-corrected chi connectivity index (χ3v) is 3.97. The summed E-state index contributed by atoms with van der Waals surface area (Å²) in [5.74, 6) is 0. The lowest BCUT2D eigenvalue weighted by Gasteiger charge is -2.29. The van der Waals surface area contributed by atoms with Crippen molar-refractivity contribution in [2.45, 2.75) is 13.8 Å². The zero-order valence-corrected chi connectivity index (χ0v) is 13.5. The number of benzene rings is 2. The van der Waals surface area contributed by atoms with E-state index in [1.807, 2.05) is 94.7 Å². The fourth-order valence-electron chi connectivity index (χ4n) is 2.55. The van der Waals surface area contributed by atoms with E-state index in [0.29, 0.717) is 0 Å². The number of nitrogens with zero attached hydrogens (tertiary/aromatic N) is 6. The first kappa shape index (κ1) is 14.3. The van der Waals surface area contributed by atoms with Crippen LogP contribution < -0.4 is 20.1 Å². The summed E-state index contributed by atoms with van der Waals surface area (Å²) in [6.07, 6.45) is 1.78. The Balaban J connectivity index is 1.81. The predicted molar refractivity (Wildman–Crippen MR) is 92.8 cm³/mol. The van der Waals surface area contributed by atoms with E-state index < -0.39 is 0 Å². The van der Waals surface area contributed by atoms with Gasteiger partial charge in [-0.3, -0.25) is 0 Å². The Labute approximate surface area is 139 Å². The molecule has 0 amide bonds. The summed E-state index contributed by atoms with van der Waals surface area (Å²) in [5.41, 5.74) is 3.88. The Bertz CT molecular complexity index is 808. The molecule has 1 aliphatic rings. The molecule has 0 radical (unpaired) electrons. The van der Waals surface area contributed by atoms with Crippen LogP contribution in [0.25, 0.3) is 0 Å². The molecule has 1 N–H and O–H groups in total. The maximum Gasteiger partial charge on any atom is 0.221 e. The number of anilines is 2. The zero-order chi connectivity index (χ0) is 16.5. The summed E-state index contributed by atoms with van der Waals surface area (Å²) in [5, 5.41) is 17.6. The number of aryl methyl sites for hydroxylation is 1. The average Bonchev–Trinajstić information content (AvgIpc) is 3.21. The molecule has 2 aromatic carbocycles. The van der Waals surface area contributed by atoms with Crippen molar-refractivity contribution >= 4 is 17.7 Å². The Morgan fingerprint density at radius 2 is 1.50 bits per heavy atom. The molecule has 7 heteroatoms. The Hall–Kier alpha value is -3.35. The molecule has 0 bridgehead atoms. The van der Waals surface area contributed by atoms with Gasteiger partial charge in [-0.2, -0.15) is 5.01 Å². The number of hydrogen-bond donors (Lipinski definition) is 1. The summed E-state index contributed by atoms with van der Waals surface area (Å²) >= 11 is 0. The van der Waals surface area contributed by atoms with Crippen LogP contribution in [-0.2, 0) is 0 Å². The van der Waals surface area contributed by atoms with Crippen LogP contribution in [0.5, 0.6) is 0 Å². The predicted octanol–water partition coefficient (Wildman–Crippen LogP) is 2.05. The van der Waals surface area contributed by atoms with Gasteiger partial charge in [0.2, 0.25) is 11.4 Å². The highest BCUT2D eigenvalue weighted by atomic mass is 16.1. The molecular weight excluding hydrogens is 302 g/mol. The monoisotopic (exact) mass is 320 g/mol. The molecule has 0 unspecified atom stereocenters. The van der Waals surface area contributed by atoms with E-state index in [1.165, 1.54) is 0 Å². The van der Waals surface area contributed by atoms with Crippen molar-refractivity contribution in [1.82, 2.24) is 10.3 Å². The Morgan fingerprint density at radius 3 is 2.08 bits per heavy atom. The molecule has 0 spiro atoms. The van der Waals surface area contributed by atoms with Crippen LogP contribution in [0.3, 0.4) is 0 Å². The first-order valence-corrected chi connectivity index (χ1v) is 7.73. The van der Waals surface area contributed by atoms with E-state index in [9.17, 15) is 0 Å². The molecule has 2 heterocycles. The average molecular weight is 320 g/mol. The third-order valence-electron chi connectivity index (χ3n) is 3.97. The minimum atomic E-state index is 0.933. The highest BCUT2D eigenvalue weighted by Gasteiger charge is 2.35. The maximum absolute atomic E-state index is 4.56. The normalized spacial score (nSPS) is 13.8. The minimum absolute atomic E-state index is 0.933. The molecule has 0 fully saturated rings. The van der Waals surface area contributed by atoms with Crippen LogP contribution >= 0.6 is 0 Å². The van der Waals surface area contributed by atoms with Crippen LogP contribution in [0.1, 0.15) is 11.4 Å². The molecule has 1 aliphatic heterocycles. The van der Waals surface area contributed by atoms with Gasteiger partial charge in [0.1, 0.15) is 6.34 Å². The van der Waals surface area contributed by atoms with E-state index >= 15 is 0 Å². The summed E-state index contributed by atoms with van der Waals surface area (Å²) in [7, 11) is 0. The molecule has 0 aliphatic carbocycles. The topological polar surface area (TPSA) is 54.6 Å². The molecular formula is C17H18N7+. The van der Waals surface area contributed by atoms with Gasteiger partial charge < -0.3 is 0 Å². The number of aromatic amines is 1. The van der Waals surface area contributed by atoms with E-state index in [1.54, 1.807) is 6.34 Å². The summed E-state index contributed by atoms with van der Waals surface area (Å²) < 4.78 is 0. The number of hydrogen-bond acceptors (Lipinski definition) is 5. The number of para-hydroxylation sites is 2. The largest absolute Gasteiger partial charge is 0.221 e. The van der Waals surface area contributed by atoms with Crippen LogP contribution in [0.4, 0.5) is 11.4 Å². The maximum atomic E-state index is 4.56. The fraction of sp³-hybridized carbons (Fsp3) is 0.118. The lowest BCUT2D eigenvalue weighted by atomic mass is 10.3. The zero-order valence-electron chi connectivity index (χ0n) is 13.5. The van der Waals surface area contributed by atoms with Crippen molar-refractivity contribution in [3.63, 3.8) is 0 Å². The molecule has 4 rings (SSSR count). The van der Waals surface area contributed by atoms with Crippen molar-refractivity contribution in [2.75, 3.05) is 15.4 Å². The molecule has 0 atom stereocenters. The van der Waals surface area contributed by atoms with Gasteiger partial charge in [-0.15, -0.1) is 10.2 Å². The van der Waals surface area contributed by atoms with E-state index in [0.717, 1.165) is 22.8 Å². The van der Waals surface area contributed by atoms with E-state index in [2.05, 4.69) is 15.4 Å². The molecule has 120 valence electrons. The summed E-state index contributed by atoms with van der Waals surface area (Å²) in [6, 6.07) is 20.1. The second kappa shape index (κ2) is 5.69. The lowest BCUT2D eigenvalue weighted by molar-refractivity contribution is -0.755. The number of hydrazone groups is 1. The van der Waals surface area contributed by atoms with Gasteiger partial charge in [0.25, 0.3) is 0 Å². The van der Waals surface area contributed by atoms with Gasteiger partial charge in [-0.1, -0.05) is 36.4 Å². The molecule has 1 aromatic heterocycles. The van der Waals surface area contributed by atoms with Gasteiger partial charge in [-0.25, -0.2) is 0 Å². The number of nitrogens with one attached hydrogen (secondary N) is 1. The Morgan fingerprint density at radius 1 is 0.875 bits per heavy atom. The quantitative estimate of drug-likeness (QED) is 0.751. The van der Waals surface area contributed by atoms with Gasteiger partial charge in [0.15, 0.2) is 0 Å². The molecule has 24 heavy (non-hydrogen) atoms. The molecule has 0 saturated carbocycles. The molecule has 0 saturated heterocycles. The van der Waals surface area contributed by atoms with Crippen LogP contribution in [0.2, 0.25) is 0 Å². The van der Waals surface area contributed by atoms with E-state index in [4.69, 9.17) is 0 Å². The van der Waals surface area contributed by atoms with Crippen LogP contribution in [0, 0.1) is 13.8 Å². The highest BCUT2D eigenvalue weighted by Crippen LogP contribution is 2.23. The second-order valence-corrected chi connectivity index (χ2v) is 5.50. The van der Waals surface area contributed by atoms with Crippen LogP contribution in [-0.4, -0.2) is 16.7 Å².